The van der Waals surface area contributed by atoms with E-state index in [1.165, 1.54) is 11.3 Å². The van der Waals surface area contributed by atoms with Crippen LogP contribution in [0, 0.1) is 19.3 Å². The van der Waals surface area contributed by atoms with Crippen molar-refractivity contribution in [2.24, 2.45) is 4.99 Å². The van der Waals surface area contributed by atoms with Crippen molar-refractivity contribution in [1.29, 1.82) is 0 Å². The van der Waals surface area contributed by atoms with Gasteiger partial charge in [-0.3, -0.25) is 9.36 Å². The monoisotopic (exact) mass is 545 g/mol. The summed E-state index contributed by atoms with van der Waals surface area (Å²) in [6, 6.07) is 21.3. The van der Waals surface area contributed by atoms with Gasteiger partial charge in [-0.05, 0) is 49.2 Å². The lowest BCUT2D eigenvalue weighted by molar-refractivity contribution is -0.139. The molecule has 1 atom stereocenters. The summed E-state index contributed by atoms with van der Waals surface area (Å²) in [7, 11) is 0. The molecule has 0 amide bonds. The van der Waals surface area contributed by atoms with Crippen molar-refractivity contribution >= 4 is 45.1 Å². The highest BCUT2D eigenvalue weighted by Gasteiger charge is 2.34. The second-order valence-electron chi connectivity index (χ2n) is 9.68. The first-order valence-corrected chi connectivity index (χ1v) is 13.9. The summed E-state index contributed by atoms with van der Waals surface area (Å²) >= 11 is 1.32. The molecule has 6 rings (SSSR count). The second kappa shape index (κ2) is 10.1. The molecule has 7 heteroatoms. The molecule has 0 N–H and O–H groups in total. The van der Waals surface area contributed by atoms with Gasteiger partial charge in [-0.1, -0.05) is 77.9 Å². The fraction of sp³-hybridized carbons (Fsp3) is 0.182. The average molecular weight is 546 g/mol. The lowest BCUT2D eigenvalue weighted by atomic mass is 9.91. The Bertz CT molecular complexity index is 2080. The number of aromatic nitrogens is 2. The van der Waals surface area contributed by atoms with E-state index < -0.39 is 12.0 Å². The minimum absolute atomic E-state index is 0.204. The summed E-state index contributed by atoms with van der Waals surface area (Å²) in [5, 5.41) is 3.02. The van der Waals surface area contributed by atoms with Gasteiger partial charge in [0.25, 0.3) is 5.56 Å². The van der Waals surface area contributed by atoms with E-state index in [4.69, 9.17) is 16.2 Å². The van der Waals surface area contributed by atoms with Gasteiger partial charge in [0.15, 0.2) is 4.80 Å². The maximum Gasteiger partial charge on any atom is 0.338 e. The van der Waals surface area contributed by atoms with Gasteiger partial charge in [-0.15, -0.1) is 6.42 Å². The molecule has 0 unspecified atom stereocenters. The third kappa shape index (κ3) is 4.00. The molecular formula is C33H27N3O3S. The number of hydrogen-bond acceptors (Lipinski definition) is 5. The molecule has 1 aliphatic rings. The molecule has 0 bridgehead atoms. The number of ether oxygens (including phenoxy) is 1. The van der Waals surface area contributed by atoms with Crippen molar-refractivity contribution in [3.8, 4) is 12.3 Å². The zero-order chi connectivity index (χ0) is 28.0. The highest BCUT2D eigenvalue weighted by molar-refractivity contribution is 7.07. The van der Waals surface area contributed by atoms with E-state index in [0.717, 1.165) is 38.5 Å². The van der Waals surface area contributed by atoms with Gasteiger partial charge in [0, 0.05) is 22.2 Å². The topological polar surface area (TPSA) is 65.6 Å². The number of allylic oxidation sites excluding steroid dienone is 1. The van der Waals surface area contributed by atoms with Crippen molar-refractivity contribution in [3.63, 3.8) is 0 Å². The maximum atomic E-state index is 14.2. The molecule has 6 nitrogen and oxygen atoms in total. The van der Waals surface area contributed by atoms with Gasteiger partial charge in [0.05, 0.1) is 35.0 Å². The number of carbonyl (C=O) groups excluding carboxylic acids is 1. The van der Waals surface area contributed by atoms with Crippen LogP contribution in [0.25, 0.3) is 27.8 Å². The van der Waals surface area contributed by atoms with Crippen LogP contribution in [0.2, 0.25) is 0 Å². The highest BCUT2D eigenvalue weighted by Crippen LogP contribution is 2.35. The molecule has 198 valence electrons. The number of benzene rings is 3. The van der Waals surface area contributed by atoms with Crippen LogP contribution in [0.4, 0.5) is 0 Å². The predicted octanol–water partition coefficient (Wildman–Crippen LogP) is 4.85. The molecule has 0 saturated heterocycles. The van der Waals surface area contributed by atoms with Crippen LogP contribution in [0.1, 0.15) is 36.7 Å². The standard InChI is InChI=1S/C33H27N3O3S/c1-5-18-35-21(4)26(24-15-9-10-17-27(24)35)19-28-31(37)36-30(25-16-11-13-22-12-7-8-14-23(22)25)29(32(38)39-6-2)20(3)34-33(36)40-28/h1,7-17,19,30H,6,18H2,2-4H3/b28-19+/t30-/m0/s1. The first-order chi connectivity index (χ1) is 19.4. The second-order valence-corrected chi connectivity index (χ2v) is 10.7. The first kappa shape index (κ1) is 25.6. The minimum atomic E-state index is -0.674. The van der Waals surface area contributed by atoms with E-state index in [9.17, 15) is 9.59 Å². The number of para-hydroxylation sites is 1. The van der Waals surface area contributed by atoms with Crippen molar-refractivity contribution in [1.82, 2.24) is 9.13 Å². The number of hydrogen-bond donors (Lipinski definition) is 0. The van der Waals surface area contributed by atoms with Gasteiger partial charge in [-0.2, -0.15) is 0 Å². The molecule has 0 fully saturated rings. The van der Waals surface area contributed by atoms with Crippen molar-refractivity contribution < 1.29 is 9.53 Å². The fourth-order valence-corrected chi connectivity index (χ4v) is 6.67. The Hall–Kier alpha value is -4.67. The molecule has 0 radical (unpaired) electrons. The predicted molar refractivity (Wildman–Crippen MR) is 160 cm³/mol. The van der Waals surface area contributed by atoms with Crippen LogP contribution >= 0.6 is 11.3 Å². The van der Waals surface area contributed by atoms with Gasteiger partial charge < -0.3 is 9.30 Å². The lowest BCUT2D eigenvalue weighted by Gasteiger charge is -2.25. The van der Waals surface area contributed by atoms with Crippen LogP contribution < -0.4 is 14.9 Å². The molecule has 5 aromatic rings. The Balaban J connectivity index is 1.64. The molecule has 3 aromatic carbocycles. The highest BCUT2D eigenvalue weighted by atomic mass is 32.1. The van der Waals surface area contributed by atoms with E-state index >= 15 is 0 Å². The molecule has 1 aliphatic heterocycles. The largest absolute Gasteiger partial charge is 0.463 e. The number of carbonyl (C=O) groups is 1. The smallest absolute Gasteiger partial charge is 0.338 e. The number of esters is 1. The molecule has 40 heavy (non-hydrogen) atoms. The number of terminal acetylenes is 1. The van der Waals surface area contributed by atoms with E-state index in [1.54, 1.807) is 18.4 Å². The third-order valence-electron chi connectivity index (χ3n) is 7.44. The normalized spacial score (nSPS) is 15.2. The molecule has 0 aliphatic carbocycles. The van der Waals surface area contributed by atoms with Crippen LogP contribution in [0.15, 0.2) is 87.8 Å². The van der Waals surface area contributed by atoms with Crippen LogP contribution in [-0.2, 0) is 16.1 Å². The van der Waals surface area contributed by atoms with Gasteiger partial charge in [-0.25, -0.2) is 9.79 Å². The zero-order valence-electron chi connectivity index (χ0n) is 22.5. The number of thiazole rings is 1. The van der Waals surface area contributed by atoms with E-state index in [-0.39, 0.29) is 12.2 Å². The van der Waals surface area contributed by atoms with E-state index in [0.29, 0.717) is 27.1 Å². The Morgan fingerprint density at radius 2 is 1.80 bits per heavy atom. The SMILES string of the molecule is C#CCn1c(C)c(/C=c2/sc3n(c2=O)[C@@H](c2cccc4ccccc24)C(C(=O)OCC)=C(C)N=3)c2ccccc21. The maximum absolute atomic E-state index is 14.2. The van der Waals surface area contributed by atoms with Crippen molar-refractivity contribution in [3.05, 3.63) is 115 Å². The van der Waals surface area contributed by atoms with Crippen LogP contribution in [0.5, 0.6) is 0 Å². The number of nitrogens with zero attached hydrogens (tertiary/aromatic N) is 3. The Morgan fingerprint density at radius 3 is 2.58 bits per heavy atom. The van der Waals surface area contributed by atoms with Gasteiger partial charge >= 0.3 is 5.97 Å². The van der Waals surface area contributed by atoms with Gasteiger partial charge in [0.2, 0.25) is 0 Å². The third-order valence-corrected chi connectivity index (χ3v) is 8.42. The van der Waals surface area contributed by atoms with E-state index in [1.807, 2.05) is 79.7 Å². The van der Waals surface area contributed by atoms with Crippen LogP contribution in [0.3, 0.4) is 0 Å². The molecule has 2 aromatic heterocycles. The van der Waals surface area contributed by atoms with Crippen LogP contribution in [-0.4, -0.2) is 21.7 Å². The first-order valence-electron chi connectivity index (χ1n) is 13.1. The van der Waals surface area contributed by atoms with Gasteiger partial charge in [0.1, 0.15) is 0 Å². The average Bonchev–Trinajstić information content (AvgIpc) is 3.41. The Labute approximate surface area is 235 Å². The summed E-state index contributed by atoms with van der Waals surface area (Å²) in [5.41, 5.74) is 4.52. The summed E-state index contributed by atoms with van der Waals surface area (Å²) < 4.78 is 9.73. The van der Waals surface area contributed by atoms with Crippen molar-refractivity contribution in [2.75, 3.05) is 6.61 Å². The minimum Gasteiger partial charge on any atom is -0.463 e. The summed E-state index contributed by atoms with van der Waals surface area (Å²) in [6.07, 6.45) is 7.60. The lowest BCUT2D eigenvalue weighted by Crippen LogP contribution is -2.40. The number of rotatable bonds is 5. The molecule has 0 saturated carbocycles. The quantitative estimate of drug-likeness (QED) is 0.234. The Morgan fingerprint density at radius 1 is 1.07 bits per heavy atom. The molecular weight excluding hydrogens is 518 g/mol. The zero-order valence-corrected chi connectivity index (χ0v) is 23.3. The van der Waals surface area contributed by atoms with Crippen molar-refractivity contribution in [2.45, 2.75) is 33.4 Å². The Kier molecular flexibility index (Phi) is 6.49. The summed E-state index contributed by atoms with van der Waals surface area (Å²) in [6.45, 7) is 6.25. The molecule has 3 heterocycles. The molecule has 0 spiro atoms. The summed E-state index contributed by atoms with van der Waals surface area (Å²) in [4.78, 5) is 32.8. The summed E-state index contributed by atoms with van der Waals surface area (Å²) in [5.74, 6) is 2.27. The van der Waals surface area contributed by atoms with E-state index in [2.05, 4.69) is 10.5 Å². The fourth-order valence-electron chi connectivity index (χ4n) is 5.64. The number of fused-ring (bicyclic) bond motifs is 3.